The molecule has 0 unspecified atom stereocenters. The van der Waals surface area contributed by atoms with Gasteiger partial charge in [-0.1, -0.05) is 30.0 Å². The van der Waals surface area contributed by atoms with Crippen molar-refractivity contribution < 1.29 is 4.79 Å². The molecule has 1 aromatic carbocycles. The van der Waals surface area contributed by atoms with Gasteiger partial charge in [0.25, 0.3) is 0 Å². The first kappa shape index (κ1) is 17.7. The number of ketones is 1. The summed E-state index contributed by atoms with van der Waals surface area (Å²) in [4.78, 5) is 17.2. The highest BCUT2D eigenvalue weighted by molar-refractivity contribution is 7.99. The van der Waals surface area contributed by atoms with Crippen LogP contribution in [-0.2, 0) is 0 Å². The van der Waals surface area contributed by atoms with E-state index in [0.29, 0.717) is 10.9 Å². The fourth-order valence-electron chi connectivity index (χ4n) is 2.96. The molecule has 4 aromatic rings. The molecular weight excluding hydrogens is 378 g/mol. The van der Waals surface area contributed by atoms with Crippen LogP contribution in [0.25, 0.3) is 10.8 Å². The Morgan fingerprint density at radius 3 is 2.78 bits per heavy atom. The minimum Gasteiger partial charge on any atom is -0.294 e. The Morgan fingerprint density at radius 1 is 1.22 bits per heavy atom. The number of hydrogen-bond donors (Lipinski definition) is 0. The summed E-state index contributed by atoms with van der Waals surface area (Å²) in [7, 11) is 0. The number of nitrogens with zero attached hydrogens (tertiary/aromatic N) is 5. The Bertz CT molecular complexity index is 1070. The number of aromatic nitrogens is 5. The van der Waals surface area contributed by atoms with Crippen molar-refractivity contribution >= 4 is 28.9 Å². The van der Waals surface area contributed by atoms with Gasteiger partial charge in [0.15, 0.2) is 16.1 Å². The van der Waals surface area contributed by atoms with Gasteiger partial charge < -0.3 is 0 Å². The summed E-state index contributed by atoms with van der Waals surface area (Å²) < 4.78 is 3.91. The zero-order chi connectivity index (χ0) is 18.8. The highest BCUT2D eigenvalue weighted by Gasteiger charge is 2.19. The lowest BCUT2D eigenvalue weighted by Gasteiger charge is -2.06. The molecular formula is C19H17N5OS2. The number of para-hydroxylation sites is 1. The molecule has 0 fully saturated rings. The van der Waals surface area contributed by atoms with E-state index < -0.39 is 0 Å². The molecule has 0 aliphatic heterocycles. The Hall–Kier alpha value is -2.71. The highest BCUT2D eigenvalue weighted by atomic mass is 32.2. The van der Waals surface area contributed by atoms with E-state index in [2.05, 4.69) is 15.2 Å². The van der Waals surface area contributed by atoms with Crippen LogP contribution in [0.15, 0.2) is 59.5 Å². The minimum atomic E-state index is 0.0681. The molecule has 0 saturated carbocycles. The van der Waals surface area contributed by atoms with Crippen LogP contribution in [-0.4, -0.2) is 35.9 Å². The molecule has 3 heterocycles. The second kappa shape index (κ2) is 7.50. The van der Waals surface area contributed by atoms with E-state index in [9.17, 15) is 4.79 Å². The number of aryl methyl sites for hydroxylation is 1. The van der Waals surface area contributed by atoms with Crippen LogP contribution in [0, 0.1) is 13.8 Å². The summed E-state index contributed by atoms with van der Waals surface area (Å²) in [6.07, 6.45) is 3.43. The first-order valence-electron chi connectivity index (χ1n) is 8.35. The average Bonchev–Trinajstić information content (AvgIpc) is 3.41. The maximum atomic E-state index is 12.8. The standard InChI is InChI=1S/C19H17N5OS2/c1-13-10-16(14(2)24(13)18-20-8-9-26-18)17(25)11-27-19-22-21-12-23(19)15-6-4-3-5-7-15/h3-10,12H,11H2,1-2H3. The molecule has 0 N–H and O–H groups in total. The summed E-state index contributed by atoms with van der Waals surface area (Å²) in [6, 6.07) is 11.8. The molecule has 0 aliphatic rings. The first-order valence-corrected chi connectivity index (χ1v) is 10.2. The molecule has 4 rings (SSSR count). The second-order valence-corrected chi connectivity index (χ2v) is 7.78. The molecule has 8 heteroatoms. The first-order chi connectivity index (χ1) is 13.1. The fraction of sp³-hybridized carbons (Fsp3) is 0.158. The van der Waals surface area contributed by atoms with Crippen LogP contribution in [0.4, 0.5) is 0 Å². The maximum Gasteiger partial charge on any atom is 0.196 e. The van der Waals surface area contributed by atoms with Crippen LogP contribution in [0.5, 0.6) is 0 Å². The van der Waals surface area contributed by atoms with Crippen molar-refractivity contribution in [1.82, 2.24) is 24.3 Å². The number of Topliss-reactive ketones (excluding diaryl/α,β-unsaturated/α-hetero) is 1. The van der Waals surface area contributed by atoms with Gasteiger partial charge in [0.1, 0.15) is 6.33 Å². The molecule has 136 valence electrons. The van der Waals surface area contributed by atoms with E-state index in [1.54, 1.807) is 23.9 Å². The van der Waals surface area contributed by atoms with Crippen LogP contribution in [0.1, 0.15) is 21.7 Å². The number of thiazole rings is 1. The van der Waals surface area contributed by atoms with Crippen molar-refractivity contribution in [3.63, 3.8) is 0 Å². The predicted octanol–water partition coefficient (Wildman–Crippen LogP) is 4.11. The third-order valence-electron chi connectivity index (χ3n) is 4.23. The van der Waals surface area contributed by atoms with Crippen molar-refractivity contribution in [2.24, 2.45) is 0 Å². The molecule has 6 nitrogen and oxygen atoms in total. The van der Waals surface area contributed by atoms with Crippen molar-refractivity contribution in [1.29, 1.82) is 0 Å². The Labute approximate surface area is 164 Å². The second-order valence-electron chi connectivity index (χ2n) is 5.97. The lowest BCUT2D eigenvalue weighted by Crippen LogP contribution is -2.06. The molecule has 0 atom stereocenters. The van der Waals surface area contributed by atoms with E-state index in [4.69, 9.17) is 0 Å². The van der Waals surface area contributed by atoms with Gasteiger partial charge in [0.05, 0.1) is 5.75 Å². The van der Waals surface area contributed by atoms with Crippen LogP contribution >= 0.6 is 23.1 Å². The smallest absolute Gasteiger partial charge is 0.196 e. The summed E-state index contributed by atoms with van der Waals surface area (Å²) in [6.45, 7) is 3.95. The lowest BCUT2D eigenvalue weighted by atomic mass is 10.2. The minimum absolute atomic E-state index is 0.0681. The average molecular weight is 396 g/mol. The maximum absolute atomic E-state index is 12.8. The molecule has 0 saturated heterocycles. The highest BCUT2D eigenvalue weighted by Crippen LogP contribution is 2.25. The molecule has 0 amide bonds. The van der Waals surface area contributed by atoms with Gasteiger partial charge in [-0.05, 0) is 32.0 Å². The molecule has 3 aromatic heterocycles. The van der Waals surface area contributed by atoms with Crippen LogP contribution in [0.2, 0.25) is 0 Å². The summed E-state index contributed by atoms with van der Waals surface area (Å²) in [5, 5.41) is 11.6. The number of rotatable bonds is 6. The Kier molecular flexibility index (Phi) is 4.91. The number of hydrogen-bond acceptors (Lipinski definition) is 6. The van der Waals surface area contributed by atoms with Crippen LogP contribution < -0.4 is 0 Å². The fourth-order valence-corrected chi connectivity index (χ4v) is 4.53. The largest absolute Gasteiger partial charge is 0.294 e. The van der Waals surface area contributed by atoms with Gasteiger partial charge in [-0.2, -0.15) is 0 Å². The van der Waals surface area contributed by atoms with Crippen molar-refractivity contribution in [3.05, 3.63) is 71.3 Å². The lowest BCUT2D eigenvalue weighted by molar-refractivity contribution is 0.102. The molecule has 0 bridgehead atoms. The number of carbonyl (C=O) groups excluding carboxylic acids is 1. The molecule has 0 spiro atoms. The van der Waals surface area contributed by atoms with E-state index in [1.165, 1.54) is 11.8 Å². The van der Waals surface area contributed by atoms with Gasteiger partial charge in [-0.15, -0.1) is 21.5 Å². The van der Waals surface area contributed by atoms with Gasteiger partial charge in [-0.25, -0.2) is 4.98 Å². The van der Waals surface area contributed by atoms with Gasteiger partial charge >= 0.3 is 0 Å². The number of benzene rings is 1. The Balaban J connectivity index is 1.54. The van der Waals surface area contributed by atoms with Gasteiger partial charge in [-0.3, -0.25) is 13.9 Å². The van der Waals surface area contributed by atoms with E-state index in [0.717, 1.165) is 27.8 Å². The molecule has 0 radical (unpaired) electrons. The van der Waals surface area contributed by atoms with E-state index in [1.807, 2.05) is 64.8 Å². The number of thioether (sulfide) groups is 1. The van der Waals surface area contributed by atoms with Crippen molar-refractivity contribution in [3.8, 4) is 10.8 Å². The predicted molar refractivity (Wildman–Crippen MR) is 107 cm³/mol. The quantitative estimate of drug-likeness (QED) is 0.363. The molecule has 27 heavy (non-hydrogen) atoms. The van der Waals surface area contributed by atoms with E-state index >= 15 is 0 Å². The zero-order valence-electron chi connectivity index (χ0n) is 14.9. The van der Waals surface area contributed by atoms with Crippen molar-refractivity contribution in [2.45, 2.75) is 19.0 Å². The monoisotopic (exact) mass is 395 g/mol. The molecule has 0 aliphatic carbocycles. The van der Waals surface area contributed by atoms with E-state index in [-0.39, 0.29) is 5.78 Å². The van der Waals surface area contributed by atoms with Crippen LogP contribution in [0.3, 0.4) is 0 Å². The SMILES string of the molecule is Cc1cc(C(=O)CSc2nncn2-c2ccccc2)c(C)n1-c1nccs1. The number of carbonyl (C=O) groups is 1. The summed E-state index contributed by atoms with van der Waals surface area (Å²) >= 11 is 2.94. The summed E-state index contributed by atoms with van der Waals surface area (Å²) in [5.41, 5.74) is 3.61. The van der Waals surface area contributed by atoms with Gasteiger partial charge in [0, 0.05) is 34.2 Å². The summed E-state index contributed by atoms with van der Waals surface area (Å²) in [5.74, 6) is 0.367. The van der Waals surface area contributed by atoms with Gasteiger partial charge in [0.2, 0.25) is 0 Å². The normalized spacial score (nSPS) is 11.0. The third-order valence-corrected chi connectivity index (χ3v) is 5.92. The topological polar surface area (TPSA) is 65.6 Å². The third kappa shape index (κ3) is 3.45. The Morgan fingerprint density at radius 2 is 2.04 bits per heavy atom. The van der Waals surface area contributed by atoms with Crippen molar-refractivity contribution in [2.75, 3.05) is 5.75 Å². The zero-order valence-corrected chi connectivity index (χ0v) is 16.5.